The number of nitrogens with two attached hydrogens (primary N) is 1. The summed E-state index contributed by atoms with van der Waals surface area (Å²) >= 11 is 6.10. The minimum Gasteiger partial charge on any atom is -0.380 e. The molecule has 2 N–H and O–H groups in total. The van der Waals surface area contributed by atoms with Crippen LogP contribution in [0.3, 0.4) is 0 Å². The number of hydrogen-bond acceptors (Lipinski definition) is 3. The highest BCUT2D eigenvalue weighted by atomic mass is 35.5. The first kappa shape index (κ1) is 12.5. The minimum atomic E-state index is -0.374. The first-order valence-corrected chi connectivity index (χ1v) is 6.66. The Morgan fingerprint density at radius 1 is 1.47 bits per heavy atom. The van der Waals surface area contributed by atoms with E-state index in [1.165, 1.54) is 25.0 Å². The van der Waals surface area contributed by atoms with Crippen molar-refractivity contribution in [2.75, 3.05) is 5.73 Å². The molecule has 0 amide bonds. The van der Waals surface area contributed by atoms with E-state index in [0.29, 0.717) is 27.9 Å². The van der Waals surface area contributed by atoms with E-state index >= 15 is 0 Å². The minimum absolute atomic E-state index is 0.251. The van der Waals surface area contributed by atoms with Crippen LogP contribution in [0.2, 0.25) is 5.02 Å². The second kappa shape index (κ2) is 4.53. The first-order valence-electron chi connectivity index (χ1n) is 6.28. The molecule has 19 heavy (non-hydrogen) atoms. The van der Waals surface area contributed by atoms with Crippen LogP contribution in [0.25, 0.3) is 11.1 Å². The lowest BCUT2D eigenvalue weighted by Gasteiger charge is -2.10. The van der Waals surface area contributed by atoms with Crippen LogP contribution in [-0.2, 0) is 0 Å². The third-order valence-electron chi connectivity index (χ3n) is 3.69. The topological polar surface area (TPSA) is 52.0 Å². The van der Waals surface area contributed by atoms with Crippen molar-refractivity contribution in [1.82, 2.24) is 5.16 Å². The van der Waals surface area contributed by atoms with Crippen LogP contribution in [0.5, 0.6) is 0 Å². The van der Waals surface area contributed by atoms with Gasteiger partial charge in [-0.05, 0) is 37.0 Å². The summed E-state index contributed by atoms with van der Waals surface area (Å²) in [4.78, 5) is 0. The fourth-order valence-electron chi connectivity index (χ4n) is 2.40. The van der Waals surface area contributed by atoms with Crippen LogP contribution >= 0.6 is 11.6 Å². The summed E-state index contributed by atoms with van der Waals surface area (Å²) in [6.07, 6.45) is 2.39. The molecule has 0 saturated heterocycles. The molecule has 3 nitrogen and oxygen atoms in total. The van der Waals surface area contributed by atoms with E-state index in [2.05, 4.69) is 12.1 Å². The van der Waals surface area contributed by atoms with Gasteiger partial charge in [-0.25, -0.2) is 4.39 Å². The fraction of sp³-hybridized carbons (Fsp3) is 0.357. The van der Waals surface area contributed by atoms with Gasteiger partial charge in [-0.3, -0.25) is 0 Å². The SMILES string of the molecule is CC(c1onc(N)c1-c1ccc(F)cc1Cl)C1CC1. The van der Waals surface area contributed by atoms with Gasteiger partial charge in [0.25, 0.3) is 0 Å². The number of anilines is 1. The van der Waals surface area contributed by atoms with Gasteiger partial charge in [0, 0.05) is 11.5 Å². The molecule has 1 aromatic carbocycles. The number of benzene rings is 1. The summed E-state index contributed by atoms with van der Waals surface area (Å²) in [5.41, 5.74) is 7.25. The molecule has 1 aliphatic rings. The predicted octanol–water partition coefficient (Wildman–Crippen LogP) is 4.23. The number of hydrogen-bond donors (Lipinski definition) is 1. The van der Waals surface area contributed by atoms with E-state index in [1.807, 2.05) is 0 Å². The van der Waals surface area contributed by atoms with Gasteiger partial charge >= 0.3 is 0 Å². The molecule has 3 rings (SSSR count). The van der Waals surface area contributed by atoms with Crippen LogP contribution in [0, 0.1) is 11.7 Å². The molecular weight excluding hydrogens is 267 g/mol. The van der Waals surface area contributed by atoms with E-state index in [-0.39, 0.29) is 11.7 Å². The van der Waals surface area contributed by atoms with E-state index in [4.69, 9.17) is 21.9 Å². The van der Waals surface area contributed by atoms with Crippen LogP contribution in [-0.4, -0.2) is 5.16 Å². The number of nitrogen functional groups attached to an aromatic ring is 1. The molecule has 0 bridgehead atoms. The Hall–Kier alpha value is -1.55. The number of aromatic nitrogens is 1. The third-order valence-corrected chi connectivity index (χ3v) is 4.00. The Bertz CT molecular complexity index is 622. The Labute approximate surface area is 115 Å². The van der Waals surface area contributed by atoms with Gasteiger partial charge in [0.2, 0.25) is 0 Å². The van der Waals surface area contributed by atoms with E-state index in [9.17, 15) is 4.39 Å². The average molecular weight is 281 g/mol. The summed E-state index contributed by atoms with van der Waals surface area (Å²) in [6.45, 7) is 2.10. The maximum absolute atomic E-state index is 13.1. The van der Waals surface area contributed by atoms with E-state index < -0.39 is 0 Å². The fourth-order valence-corrected chi connectivity index (χ4v) is 2.66. The highest BCUT2D eigenvalue weighted by Gasteiger charge is 2.34. The molecular formula is C14H14ClFN2O. The van der Waals surface area contributed by atoms with Crippen molar-refractivity contribution in [2.45, 2.75) is 25.7 Å². The molecule has 1 heterocycles. The maximum atomic E-state index is 13.1. The largest absolute Gasteiger partial charge is 0.380 e. The molecule has 5 heteroatoms. The van der Waals surface area contributed by atoms with Crippen LogP contribution in [0.4, 0.5) is 10.2 Å². The zero-order valence-electron chi connectivity index (χ0n) is 10.5. The zero-order valence-corrected chi connectivity index (χ0v) is 11.2. The molecule has 0 spiro atoms. The van der Waals surface area contributed by atoms with Gasteiger partial charge in [-0.15, -0.1) is 0 Å². The average Bonchev–Trinajstić information content (AvgIpc) is 3.14. The third kappa shape index (κ3) is 2.21. The summed E-state index contributed by atoms with van der Waals surface area (Å²) in [5.74, 6) is 1.54. The molecule has 0 aliphatic heterocycles. The van der Waals surface area contributed by atoms with Crippen molar-refractivity contribution in [3.8, 4) is 11.1 Å². The monoisotopic (exact) mass is 280 g/mol. The van der Waals surface area contributed by atoms with Crippen LogP contribution < -0.4 is 5.73 Å². The highest BCUT2D eigenvalue weighted by molar-refractivity contribution is 6.33. The van der Waals surface area contributed by atoms with Gasteiger partial charge in [-0.2, -0.15) is 0 Å². The van der Waals surface area contributed by atoms with Gasteiger partial charge in [0.05, 0.1) is 10.6 Å². The summed E-state index contributed by atoms with van der Waals surface area (Å²) < 4.78 is 18.5. The molecule has 100 valence electrons. The van der Waals surface area contributed by atoms with E-state index in [1.54, 1.807) is 6.07 Å². The van der Waals surface area contributed by atoms with Gasteiger partial charge < -0.3 is 10.3 Å². The Balaban J connectivity index is 2.10. The second-order valence-corrected chi connectivity index (χ2v) is 5.46. The van der Waals surface area contributed by atoms with E-state index in [0.717, 1.165) is 5.76 Å². The maximum Gasteiger partial charge on any atom is 0.175 e. The quantitative estimate of drug-likeness (QED) is 0.915. The molecule has 1 aromatic heterocycles. The van der Waals surface area contributed by atoms with Crippen molar-refractivity contribution < 1.29 is 8.91 Å². The molecule has 2 aromatic rings. The van der Waals surface area contributed by atoms with Crippen LogP contribution in [0.1, 0.15) is 31.4 Å². The molecule has 0 radical (unpaired) electrons. The predicted molar refractivity (Wildman–Crippen MR) is 72.5 cm³/mol. The zero-order chi connectivity index (χ0) is 13.6. The van der Waals surface area contributed by atoms with Gasteiger partial charge in [0.1, 0.15) is 11.6 Å². The number of nitrogens with zero attached hydrogens (tertiary/aromatic N) is 1. The van der Waals surface area contributed by atoms with Crippen molar-refractivity contribution in [3.63, 3.8) is 0 Å². The lowest BCUT2D eigenvalue weighted by molar-refractivity contribution is 0.358. The summed E-state index contributed by atoms with van der Waals surface area (Å²) in [7, 11) is 0. The highest BCUT2D eigenvalue weighted by Crippen LogP contribution is 2.47. The van der Waals surface area contributed by atoms with Crippen LogP contribution in [0.15, 0.2) is 22.7 Å². The number of rotatable bonds is 3. The second-order valence-electron chi connectivity index (χ2n) is 5.06. The molecule has 1 fully saturated rings. The normalized spacial score (nSPS) is 16.6. The van der Waals surface area contributed by atoms with Crippen molar-refractivity contribution in [1.29, 1.82) is 0 Å². The molecule has 1 aliphatic carbocycles. The Morgan fingerprint density at radius 2 is 2.21 bits per heavy atom. The van der Waals surface area contributed by atoms with Crippen molar-refractivity contribution >= 4 is 17.4 Å². The molecule has 1 atom stereocenters. The van der Waals surface area contributed by atoms with Gasteiger partial charge in [-0.1, -0.05) is 23.7 Å². The first-order chi connectivity index (χ1) is 9.08. The Kier molecular flexibility index (Phi) is 2.97. The lowest BCUT2D eigenvalue weighted by atomic mass is 9.95. The smallest absolute Gasteiger partial charge is 0.175 e. The van der Waals surface area contributed by atoms with Gasteiger partial charge in [0.15, 0.2) is 5.82 Å². The number of halogens is 2. The summed E-state index contributed by atoms with van der Waals surface area (Å²) in [6, 6.07) is 4.25. The lowest BCUT2D eigenvalue weighted by Crippen LogP contribution is -1.98. The molecule has 1 saturated carbocycles. The standard InChI is InChI=1S/C14H14ClFN2O/c1-7(8-2-3-8)13-12(14(17)18-19-13)10-5-4-9(16)6-11(10)15/h4-8H,2-3H2,1H3,(H2,17,18). The molecule has 1 unspecified atom stereocenters. The summed E-state index contributed by atoms with van der Waals surface area (Å²) in [5, 5.41) is 4.16. The van der Waals surface area contributed by atoms with Crippen molar-refractivity contribution in [3.05, 3.63) is 34.8 Å². The Morgan fingerprint density at radius 3 is 2.84 bits per heavy atom. The van der Waals surface area contributed by atoms with Crippen molar-refractivity contribution in [2.24, 2.45) is 5.92 Å².